The molecule has 1 N–H and O–H groups in total. The standard InChI is InChI=1S/C17H13ClN2OS/c18-17-13-6-1-2-7-14(13)22-15(17)8-9-16(21)20-11-12-5-3-4-10-19-12/h1-10H,11H2,(H,20,21)/b9-8+. The van der Waals surface area contributed by atoms with Crippen molar-refractivity contribution in [1.29, 1.82) is 0 Å². The highest BCUT2D eigenvalue weighted by Gasteiger charge is 2.07. The predicted molar refractivity (Wildman–Crippen MR) is 92.0 cm³/mol. The van der Waals surface area contributed by atoms with Crippen LogP contribution in [0.25, 0.3) is 16.2 Å². The Labute approximate surface area is 137 Å². The first-order valence-corrected chi connectivity index (χ1v) is 7.96. The number of benzene rings is 1. The Hall–Kier alpha value is -2.17. The highest BCUT2D eigenvalue weighted by atomic mass is 35.5. The zero-order valence-electron chi connectivity index (χ0n) is 11.6. The number of aromatic nitrogens is 1. The van der Waals surface area contributed by atoms with Crippen molar-refractivity contribution in [1.82, 2.24) is 10.3 Å². The van der Waals surface area contributed by atoms with Crippen LogP contribution in [-0.2, 0) is 11.3 Å². The predicted octanol–water partition coefficient (Wildman–Crippen LogP) is 4.28. The summed E-state index contributed by atoms with van der Waals surface area (Å²) >= 11 is 7.90. The largest absolute Gasteiger partial charge is 0.347 e. The smallest absolute Gasteiger partial charge is 0.244 e. The first-order valence-electron chi connectivity index (χ1n) is 6.77. The van der Waals surface area contributed by atoms with E-state index in [0.29, 0.717) is 11.6 Å². The van der Waals surface area contributed by atoms with Crippen molar-refractivity contribution in [2.45, 2.75) is 6.54 Å². The topological polar surface area (TPSA) is 42.0 Å². The molecule has 0 radical (unpaired) electrons. The summed E-state index contributed by atoms with van der Waals surface area (Å²) in [6.07, 6.45) is 4.95. The van der Waals surface area contributed by atoms with Gasteiger partial charge in [-0.3, -0.25) is 9.78 Å². The lowest BCUT2D eigenvalue weighted by Gasteiger charge is -2.00. The number of carbonyl (C=O) groups excluding carboxylic acids is 1. The van der Waals surface area contributed by atoms with Crippen LogP contribution < -0.4 is 5.32 Å². The van der Waals surface area contributed by atoms with Gasteiger partial charge in [0.25, 0.3) is 0 Å². The van der Waals surface area contributed by atoms with E-state index in [0.717, 1.165) is 20.7 Å². The van der Waals surface area contributed by atoms with E-state index in [1.165, 1.54) is 6.08 Å². The first kappa shape index (κ1) is 14.8. The number of pyridine rings is 1. The Kier molecular flexibility index (Phi) is 4.51. The van der Waals surface area contributed by atoms with E-state index in [9.17, 15) is 4.79 Å². The summed E-state index contributed by atoms with van der Waals surface area (Å²) in [5.41, 5.74) is 0.823. The van der Waals surface area contributed by atoms with Gasteiger partial charge >= 0.3 is 0 Å². The van der Waals surface area contributed by atoms with Crippen LogP contribution in [0, 0.1) is 0 Å². The molecule has 0 spiro atoms. The average molecular weight is 329 g/mol. The highest BCUT2D eigenvalue weighted by Crippen LogP contribution is 2.35. The minimum Gasteiger partial charge on any atom is -0.347 e. The van der Waals surface area contributed by atoms with Gasteiger partial charge in [0.1, 0.15) is 0 Å². The van der Waals surface area contributed by atoms with E-state index in [-0.39, 0.29) is 5.91 Å². The van der Waals surface area contributed by atoms with E-state index in [2.05, 4.69) is 10.3 Å². The molecule has 0 bridgehead atoms. The van der Waals surface area contributed by atoms with Crippen molar-refractivity contribution in [2.24, 2.45) is 0 Å². The molecule has 2 aromatic heterocycles. The number of halogens is 1. The van der Waals surface area contributed by atoms with E-state index in [4.69, 9.17) is 11.6 Å². The minimum atomic E-state index is -0.167. The molecule has 0 aliphatic carbocycles. The van der Waals surface area contributed by atoms with Crippen LogP contribution in [0.1, 0.15) is 10.6 Å². The lowest BCUT2D eigenvalue weighted by Crippen LogP contribution is -2.20. The molecule has 0 saturated heterocycles. The van der Waals surface area contributed by atoms with Crippen LogP contribution in [-0.4, -0.2) is 10.9 Å². The molecule has 0 fully saturated rings. The second-order valence-electron chi connectivity index (χ2n) is 4.65. The van der Waals surface area contributed by atoms with Crippen molar-refractivity contribution >= 4 is 45.0 Å². The molecule has 3 aromatic rings. The monoisotopic (exact) mass is 328 g/mol. The number of carbonyl (C=O) groups is 1. The van der Waals surface area contributed by atoms with Crippen molar-refractivity contribution in [3.05, 3.63) is 70.3 Å². The van der Waals surface area contributed by atoms with Gasteiger partial charge in [0.2, 0.25) is 5.91 Å². The Morgan fingerprint density at radius 3 is 2.82 bits per heavy atom. The number of hydrogen-bond donors (Lipinski definition) is 1. The van der Waals surface area contributed by atoms with Gasteiger partial charge in [-0.1, -0.05) is 35.9 Å². The number of rotatable bonds is 4. The number of nitrogens with zero attached hydrogens (tertiary/aromatic N) is 1. The third-order valence-corrected chi connectivity index (χ3v) is 4.77. The summed E-state index contributed by atoms with van der Waals surface area (Å²) in [4.78, 5) is 16.9. The maximum absolute atomic E-state index is 11.9. The summed E-state index contributed by atoms with van der Waals surface area (Å²) < 4.78 is 1.11. The van der Waals surface area contributed by atoms with Gasteiger partial charge in [-0.05, 0) is 24.3 Å². The van der Waals surface area contributed by atoms with Crippen LogP contribution in [0.2, 0.25) is 5.02 Å². The van der Waals surface area contributed by atoms with Crippen LogP contribution >= 0.6 is 22.9 Å². The lowest BCUT2D eigenvalue weighted by atomic mass is 10.2. The molecule has 3 rings (SSSR count). The van der Waals surface area contributed by atoms with Gasteiger partial charge in [-0.25, -0.2) is 0 Å². The molecule has 1 amide bonds. The molecule has 1 aromatic carbocycles. The normalized spacial score (nSPS) is 11.1. The van der Waals surface area contributed by atoms with Crippen LogP contribution in [0.4, 0.5) is 0 Å². The molecule has 110 valence electrons. The van der Waals surface area contributed by atoms with Crippen molar-refractivity contribution in [2.75, 3.05) is 0 Å². The summed E-state index contributed by atoms with van der Waals surface area (Å²) in [6.45, 7) is 0.407. The lowest BCUT2D eigenvalue weighted by molar-refractivity contribution is -0.116. The maximum Gasteiger partial charge on any atom is 0.244 e. The number of fused-ring (bicyclic) bond motifs is 1. The zero-order valence-corrected chi connectivity index (χ0v) is 13.2. The van der Waals surface area contributed by atoms with E-state index in [1.54, 1.807) is 23.6 Å². The molecular formula is C17H13ClN2OS. The van der Waals surface area contributed by atoms with Crippen molar-refractivity contribution in [3.63, 3.8) is 0 Å². The fraction of sp³-hybridized carbons (Fsp3) is 0.0588. The fourth-order valence-electron chi connectivity index (χ4n) is 2.03. The third-order valence-electron chi connectivity index (χ3n) is 3.12. The van der Waals surface area contributed by atoms with E-state index >= 15 is 0 Å². The van der Waals surface area contributed by atoms with Gasteiger partial charge < -0.3 is 5.32 Å². The van der Waals surface area contributed by atoms with Crippen molar-refractivity contribution < 1.29 is 4.79 Å². The summed E-state index contributed by atoms with van der Waals surface area (Å²) in [7, 11) is 0. The Morgan fingerprint density at radius 1 is 1.23 bits per heavy atom. The number of nitrogens with one attached hydrogen (secondary N) is 1. The molecule has 0 aliphatic heterocycles. The number of amides is 1. The molecule has 0 atom stereocenters. The van der Waals surface area contributed by atoms with E-state index in [1.807, 2.05) is 42.5 Å². The van der Waals surface area contributed by atoms with Gasteiger partial charge in [0.15, 0.2) is 0 Å². The molecular weight excluding hydrogens is 316 g/mol. The molecule has 22 heavy (non-hydrogen) atoms. The van der Waals surface area contributed by atoms with Crippen LogP contribution in [0.15, 0.2) is 54.7 Å². The fourth-order valence-corrected chi connectivity index (χ4v) is 3.43. The molecule has 0 unspecified atom stereocenters. The Bertz CT molecular complexity index is 827. The van der Waals surface area contributed by atoms with Crippen LogP contribution in [0.3, 0.4) is 0 Å². The first-order chi connectivity index (χ1) is 10.7. The minimum absolute atomic E-state index is 0.167. The second-order valence-corrected chi connectivity index (χ2v) is 6.11. The zero-order chi connectivity index (χ0) is 15.4. The van der Waals surface area contributed by atoms with E-state index < -0.39 is 0 Å². The maximum atomic E-state index is 11.9. The van der Waals surface area contributed by atoms with Gasteiger partial charge in [0, 0.05) is 27.2 Å². The van der Waals surface area contributed by atoms with Gasteiger partial charge in [-0.15, -0.1) is 11.3 Å². The Balaban J connectivity index is 1.67. The number of hydrogen-bond acceptors (Lipinski definition) is 3. The highest BCUT2D eigenvalue weighted by molar-refractivity contribution is 7.20. The molecule has 3 nitrogen and oxygen atoms in total. The Morgan fingerprint density at radius 2 is 2.05 bits per heavy atom. The van der Waals surface area contributed by atoms with Crippen molar-refractivity contribution in [3.8, 4) is 0 Å². The quantitative estimate of drug-likeness (QED) is 0.726. The SMILES string of the molecule is O=C(/C=C/c1sc2ccccc2c1Cl)NCc1ccccn1. The second kappa shape index (κ2) is 6.73. The van der Waals surface area contributed by atoms with Gasteiger partial charge in [0.05, 0.1) is 17.3 Å². The molecule has 5 heteroatoms. The average Bonchev–Trinajstić information content (AvgIpc) is 2.88. The molecule has 0 aliphatic rings. The van der Waals surface area contributed by atoms with Crippen LogP contribution in [0.5, 0.6) is 0 Å². The summed E-state index contributed by atoms with van der Waals surface area (Å²) in [5, 5.41) is 4.50. The number of thiophene rings is 1. The summed E-state index contributed by atoms with van der Waals surface area (Å²) in [6, 6.07) is 13.5. The third kappa shape index (κ3) is 3.35. The molecule has 0 saturated carbocycles. The summed E-state index contributed by atoms with van der Waals surface area (Å²) in [5.74, 6) is -0.167. The van der Waals surface area contributed by atoms with Gasteiger partial charge in [-0.2, -0.15) is 0 Å². The molecule has 2 heterocycles.